The average molecular weight is 284 g/mol. The first-order chi connectivity index (χ1) is 9.21. The van der Waals surface area contributed by atoms with E-state index in [1.807, 2.05) is 13.8 Å². The minimum Gasteiger partial charge on any atom is -0.338 e. The van der Waals surface area contributed by atoms with Crippen LogP contribution in [0.1, 0.15) is 30.6 Å². The molecule has 0 unspecified atom stereocenters. The van der Waals surface area contributed by atoms with Gasteiger partial charge in [-0.3, -0.25) is 14.9 Å². The molecule has 0 bridgehead atoms. The summed E-state index contributed by atoms with van der Waals surface area (Å²) in [6.45, 7) is 4.82. The van der Waals surface area contributed by atoms with Gasteiger partial charge in [-0.25, -0.2) is 8.78 Å². The van der Waals surface area contributed by atoms with E-state index in [0.717, 1.165) is 6.42 Å². The number of carbonyl (C=O) groups is 1. The van der Waals surface area contributed by atoms with Crippen LogP contribution in [0.5, 0.6) is 0 Å². The van der Waals surface area contributed by atoms with Gasteiger partial charge in [-0.1, -0.05) is 13.8 Å². The molecule has 7 heteroatoms. The molecule has 0 radical (unpaired) electrons. The molecule has 1 heterocycles. The molecule has 0 aliphatic carbocycles. The zero-order valence-electron chi connectivity index (χ0n) is 11.2. The van der Waals surface area contributed by atoms with Gasteiger partial charge in [-0.05, 0) is 17.9 Å². The average Bonchev–Trinajstić information content (AvgIpc) is 2.71. The van der Waals surface area contributed by atoms with Crippen molar-refractivity contribution in [3.8, 4) is 0 Å². The third-order valence-corrected chi connectivity index (χ3v) is 3.43. The molecular weight excluding hydrogens is 270 g/mol. The monoisotopic (exact) mass is 284 g/mol. The molecule has 20 heavy (non-hydrogen) atoms. The lowest BCUT2D eigenvalue weighted by Crippen LogP contribution is -2.30. The summed E-state index contributed by atoms with van der Waals surface area (Å²) in [5, 5.41) is 10.9. The van der Waals surface area contributed by atoms with Crippen molar-refractivity contribution in [3.63, 3.8) is 0 Å². The molecule has 1 aliphatic heterocycles. The lowest BCUT2D eigenvalue weighted by Gasteiger charge is -2.19. The number of hydrogen-bond donors (Lipinski definition) is 0. The van der Waals surface area contributed by atoms with Crippen LogP contribution in [0.4, 0.5) is 14.5 Å². The molecule has 1 amide bonds. The summed E-state index contributed by atoms with van der Waals surface area (Å²) in [4.78, 5) is 23.7. The van der Waals surface area contributed by atoms with Gasteiger partial charge in [0.1, 0.15) is 5.56 Å². The number of hydrogen-bond acceptors (Lipinski definition) is 3. The van der Waals surface area contributed by atoms with Gasteiger partial charge in [0.2, 0.25) is 0 Å². The van der Waals surface area contributed by atoms with E-state index in [1.165, 1.54) is 4.90 Å². The van der Waals surface area contributed by atoms with Gasteiger partial charge >= 0.3 is 0 Å². The summed E-state index contributed by atoms with van der Waals surface area (Å²) in [5.41, 5.74) is -1.20. The van der Waals surface area contributed by atoms with Crippen molar-refractivity contribution < 1.29 is 18.5 Å². The normalized spacial score (nSPS) is 17.3. The molecule has 0 aromatic heterocycles. The van der Waals surface area contributed by atoms with Gasteiger partial charge in [0.15, 0.2) is 11.6 Å². The number of carbonyl (C=O) groups excluding carboxylic acids is 1. The van der Waals surface area contributed by atoms with Crippen LogP contribution in [0.3, 0.4) is 0 Å². The zero-order valence-corrected chi connectivity index (χ0v) is 11.2. The highest BCUT2D eigenvalue weighted by Gasteiger charge is 2.35. The maximum atomic E-state index is 13.3. The van der Waals surface area contributed by atoms with E-state index in [1.54, 1.807) is 0 Å². The second kappa shape index (κ2) is 4.81. The standard InChI is InChI=1S/C13H14F2N2O3/c1-13(2)3-4-16(7-13)12(18)8-5-9(14)10(15)6-11(8)17(19)20/h5-6H,3-4,7H2,1-2H3. The maximum absolute atomic E-state index is 13.3. The van der Waals surface area contributed by atoms with Gasteiger partial charge in [0, 0.05) is 13.1 Å². The summed E-state index contributed by atoms with van der Waals surface area (Å²) in [7, 11) is 0. The number of rotatable bonds is 2. The number of amides is 1. The highest BCUT2D eigenvalue weighted by Crippen LogP contribution is 2.31. The van der Waals surface area contributed by atoms with Gasteiger partial charge in [-0.15, -0.1) is 0 Å². The molecule has 1 fully saturated rings. The van der Waals surface area contributed by atoms with Crippen molar-refractivity contribution in [2.45, 2.75) is 20.3 Å². The molecule has 0 saturated carbocycles. The van der Waals surface area contributed by atoms with E-state index in [-0.39, 0.29) is 5.41 Å². The third-order valence-electron chi connectivity index (χ3n) is 3.43. The second-order valence-corrected chi connectivity index (χ2v) is 5.68. The third kappa shape index (κ3) is 2.61. The second-order valence-electron chi connectivity index (χ2n) is 5.68. The van der Waals surface area contributed by atoms with Crippen molar-refractivity contribution in [1.29, 1.82) is 0 Å². The Kier molecular flexibility index (Phi) is 3.45. The molecule has 0 spiro atoms. The van der Waals surface area contributed by atoms with Crippen molar-refractivity contribution in [1.82, 2.24) is 4.90 Å². The Morgan fingerprint density at radius 3 is 2.45 bits per heavy atom. The highest BCUT2D eigenvalue weighted by atomic mass is 19.2. The van der Waals surface area contributed by atoms with Gasteiger partial charge in [0.25, 0.3) is 11.6 Å². The lowest BCUT2D eigenvalue weighted by molar-refractivity contribution is -0.385. The first-order valence-corrected chi connectivity index (χ1v) is 6.14. The Bertz CT molecular complexity index is 587. The van der Waals surface area contributed by atoms with Crippen LogP contribution in [0.2, 0.25) is 0 Å². The molecule has 1 aromatic carbocycles. The molecule has 1 saturated heterocycles. The topological polar surface area (TPSA) is 63.5 Å². The molecular formula is C13H14F2N2O3. The Balaban J connectivity index is 2.39. The molecule has 1 aromatic rings. The largest absolute Gasteiger partial charge is 0.338 e. The van der Waals surface area contributed by atoms with Crippen LogP contribution in [0.25, 0.3) is 0 Å². The summed E-state index contributed by atoms with van der Waals surface area (Å²) in [6.07, 6.45) is 0.760. The summed E-state index contributed by atoms with van der Waals surface area (Å²) < 4.78 is 26.3. The van der Waals surface area contributed by atoms with Gasteiger partial charge < -0.3 is 4.90 Å². The quantitative estimate of drug-likeness (QED) is 0.619. The molecule has 5 nitrogen and oxygen atoms in total. The Hall–Kier alpha value is -2.05. The Labute approximate surface area is 114 Å². The molecule has 1 aliphatic rings. The highest BCUT2D eigenvalue weighted by molar-refractivity contribution is 5.98. The van der Waals surface area contributed by atoms with E-state index in [9.17, 15) is 23.7 Å². The van der Waals surface area contributed by atoms with Crippen LogP contribution in [0, 0.1) is 27.2 Å². The van der Waals surface area contributed by atoms with Crippen LogP contribution in [0.15, 0.2) is 12.1 Å². The van der Waals surface area contributed by atoms with Crippen LogP contribution >= 0.6 is 0 Å². The fraction of sp³-hybridized carbons (Fsp3) is 0.462. The summed E-state index contributed by atoms with van der Waals surface area (Å²) in [5.74, 6) is -3.24. The van der Waals surface area contributed by atoms with E-state index >= 15 is 0 Å². The number of benzene rings is 1. The SMILES string of the molecule is CC1(C)CCN(C(=O)c2cc(F)c(F)cc2[N+](=O)[O-])C1. The number of likely N-dealkylation sites (tertiary alicyclic amines) is 1. The van der Waals surface area contributed by atoms with Gasteiger partial charge in [0.05, 0.1) is 11.0 Å². The van der Waals surface area contributed by atoms with Crippen LogP contribution in [-0.2, 0) is 0 Å². The minimum absolute atomic E-state index is 0.0803. The first kappa shape index (κ1) is 14.4. The smallest absolute Gasteiger partial charge is 0.285 e. The number of halogens is 2. The fourth-order valence-electron chi connectivity index (χ4n) is 2.31. The van der Waals surface area contributed by atoms with Crippen molar-refractivity contribution in [2.24, 2.45) is 5.41 Å². The maximum Gasteiger partial charge on any atom is 0.285 e. The van der Waals surface area contributed by atoms with Crippen molar-refractivity contribution in [3.05, 3.63) is 39.4 Å². The number of nitro benzene ring substituents is 1. The number of nitrogens with zero attached hydrogens (tertiary/aromatic N) is 2. The fourth-order valence-corrected chi connectivity index (χ4v) is 2.31. The Morgan fingerprint density at radius 2 is 1.95 bits per heavy atom. The van der Waals surface area contributed by atoms with Gasteiger partial charge in [-0.2, -0.15) is 0 Å². The van der Waals surface area contributed by atoms with Crippen molar-refractivity contribution in [2.75, 3.05) is 13.1 Å². The molecule has 0 atom stereocenters. The predicted octanol–water partition coefficient (Wildman–Crippen LogP) is 2.75. The molecule has 108 valence electrons. The van der Waals surface area contributed by atoms with Crippen molar-refractivity contribution >= 4 is 11.6 Å². The van der Waals surface area contributed by atoms with E-state index in [4.69, 9.17) is 0 Å². The van der Waals surface area contributed by atoms with E-state index in [2.05, 4.69) is 0 Å². The predicted molar refractivity (Wildman–Crippen MR) is 67.3 cm³/mol. The Morgan fingerprint density at radius 1 is 1.35 bits per heavy atom. The van der Waals surface area contributed by atoms with Crippen LogP contribution < -0.4 is 0 Å². The summed E-state index contributed by atoms with van der Waals surface area (Å²) in [6, 6.07) is 1.05. The number of nitro groups is 1. The molecule has 2 rings (SSSR count). The minimum atomic E-state index is -1.34. The lowest BCUT2D eigenvalue weighted by atomic mass is 9.93. The van der Waals surface area contributed by atoms with E-state index < -0.39 is 33.7 Å². The zero-order chi connectivity index (χ0) is 15.1. The summed E-state index contributed by atoms with van der Waals surface area (Å²) >= 11 is 0. The molecule has 0 N–H and O–H groups in total. The van der Waals surface area contributed by atoms with Crippen LogP contribution in [-0.4, -0.2) is 28.8 Å². The first-order valence-electron chi connectivity index (χ1n) is 6.14. The van der Waals surface area contributed by atoms with E-state index in [0.29, 0.717) is 25.2 Å².